The van der Waals surface area contributed by atoms with Crippen molar-refractivity contribution in [2.24, 2.45) is 0 Å². The smallest absolute Gasteiger partial charge is 0.144 e. The van der Waals surface area contributed by atoms with Crippen LogP contribution in [0.1, 0.15) is 18.1 Å². The number of hydrogen-bond acceptors (Lipinski definition) is 4. The Hall–Kier alpha value is -2.23. The van der Waals surface area contributed by atoms with E-state index in [4.69, 9.17) is 10.5 Å². The van der Waals surface area contributed by atoms with Gasteiger partial charge in [-0.25, -0.2) is 0 Å². The maximum absolute atomic E-state index is 6.07. The molecule has 1 aromatic heterocycles. The highest BCUT2D eigenvalue weighted by Crippen LogP contribution is 2.29. The van der Waals surface area contributed by atoms with Crippen LogP contribution in [-0.4, -0.2) is 11.6 Å². The molecule has 2 rings (SSSR count). The van der Waals surface area contributed by atoms with Crippen LogP contribution >= 0.6 is 0 Å². The Labute approximate surface area is 113 Å². The van der Waals surface area contributed by atoms with E-state index < -0.39 is 0 Å². The number of benzene rings is 1. The average Bonchev–Trinajstić information content (AvgIpc) is 2.42. The molecule has 1 aromatic carbocycles. The summed E-state index contributed by atoms with van der Waals surface area (Å²) in [5.41, 5.74) is 9.98. The second-order valence-corrected chi connectivity index (χ2v) is 4.31. The molecule has 0 spiro atoms. The van der Waals surface area contributed by atoms with Gasteiger partial charge in [-0.05, 0) is 43.2 Å². The molecule has 1 heterocycles. The maximum Gasteiger partial charge on any atom is 0.144 e. The number of aryl methyl sites for hydroxylation is 1. The molecule has 100 valence electrons. The van der Waals surface area contributed by atoms with E-state index in [1.54, 1.807) is 6.20 Å². The van der Waals surface area contributed by atoms with Gasteiger partial charge in [0, 0.05) is 18.9 Å². The minimum Gasteiger partial charge on any atom is -0.492 e. The van der Waals surface area contributed by atoms with Crippen molar-refractivity contribution in [3.05, 3.63) is 47.8 Å². The van der Waals surface area contributed by atoms with Crippen LogP contribution in [-0.2, 0) is 6.54 Å². The molecule has 0 aliphatic heterocycles. The van der Waals surface area contributed by atoms with Crippen molar-refractivity contribution in [3.63, 3.8) is 0 Å². The lowest BCUT2D eigenvalue weighted by Crippen LogP contribution is -2.05. The van der Waals surface area contributed by atoms with Gasteiger partial charge in [0.15, 0.2) is 0 Å². The Bertz CT molecular complexity index is 555. The number of nitrogens with zero attached hydrogens (tertiary/aromatic N) is 1. The molecule has 2 aromatic rings. The van der Waals surface area contributed by atoms with Crippen LogP contribution in [0.15, 0.2) is 36.7 Å². The van der Waals surface area contributed by atoms with Gasteiger partial charge in [0.25, 0.3) is 0 Å². The summed E-state index contributed by atoms with van der Waals surface area (Å²) >= 11 is 0. The van der Waals surface area contributed by atoms with Gasteiger partial charge in [-0.3, -0.25) is 4.98 Å². The second kappa shape index (κ2) is 6.09. The summed E-state index contributed by atoms with van der Waals surface area (Å²) in [6.07, 6.45) is 3.65. The summed E-state index contributed by atoms with van der Waals surface area (Å²) in [5, 5.41) is 3.34. The second-order valence-electron chi connectivity index (χ2n) is 4.31. The van der Waals surface area contributed by atoms with Gasteiger partial charge < -0.3 is 15.8 Å². The van der Waals surface area contributed by atoms with Gasteiger partial charge in [-0.15, -0.1) is 0 Å². The Morgan fingerprint density at radius 3 is 2.89 bits per heavy atom. The first-order valence-electron chi connectivity index (χ1n) is 6.37. The first kappa shape index (κ1) is 13.2. The standard InChI is InChI=1S/C15H19N3O/c1-3-19-14-6-4-5-13(15(14)16)18-10-12-7-8-17-9-11(12)2/h4-9,18H,3,10,16H2,1-2H3. The number of rotatable bonds is 5. The number of nitrogens with two attached hydrogens (primary N) is 1. The molecule has 0 amide bonds. The van der Waals surface area contributed by atoms with Crippen molar-refractivity contribution in [2.75, 3.05) is 17.7 Å². The number of aromatic nitrogens is 1. The molecular formula is C15H19N3O. The van der Waals surface area contributed by atoms with Crippen molar-refractivity contribution in [2.45, 2.75) is 20.4 Å². The molecule has 0 atom stereocenters. The Balaban J connectivity index is 2.12. The summed E-state index contributed by atoms with van der Waals surface area (Å²) in [5.74, 6) is 0.721. The van der Waals surface area contributed by atoms with Crippen LogP contribution in [0.4, 0.5) is 11.4 Å². The number of ether oxygens (including phenoxy) is 1. The lowest BCUT2D eigenvalue weighted by Gasteiger charge is -2.13. The number of nitrogens with one attached hydrogen (secondary N) is 1. The van der Waals surface area contributed by atoms with Crippen molar-refractivity contribution in [1.29, 1.82) is 0 Å². The molecule has 4 nitrogen and oxygen atoms in total. The number of pyridine rings is 1. The van der Waals surface area contributed by atoms with Crippen LogP contribution in [0.5, 0.6) is 5.75 Å². The molecule has 0 saturated heterocycles. The fraction of sp³-hybridized carbons (Fsp3) is 0.267. The van der Waals surface area contributed by atoms with Crippen LogP contribution in [0.25, 0.3) is 0 Å². The van der Waals surface area contributed by atoms with Crippen LogP contribution < -0.4 is 15.8 Å². The molecule has 0 aliphatic carbocycles. The quantitative estimate of drug-likeness (QED) is 0.808. The van der Waals surface area contributed by atoms with E-state index in [2.05, 4.69) is 10.3 Å². The first-order chi connectivity index (χ1) is 9.22. The zero-order chi connectivity index (χ0) is 13.7. The monoisotopic (exact) mass is 257 g/mol. The highest BCUT2D eigenvalue weighted by Gasteiger charge is 2.05. The summed E-state index contributed by atoms with van der Waals surface area (Å²) in [7, 11) is 0. The zero-order valence-corrected chi connectivity index (χ0v) is 11.3. The highest BCUT2D eigenvalue weighted by molar-refractivity contribution is 5.72. The minimum absolute atomic E-state index is 0.608. The maximum atomic E-state index is 6.07. The van der Waals surface area contributed by atoms with Crippen molar-refractivity contribution >= 4 is 11.4 Å². The van der Waals surface area contributed by atoms with Gasteiger partial charge in [-0.2, -0.15) is 0 Å². The van der Waals surface area contributed by atoms with E-state index in [9.17, 15) is 0 Å². The van der Waals surface area contributed by atoms with E-state index in [-0.39, 0.29) is 0 Å². The molecule has 0 fully saturated rings. The molecular weight excluding hydrogens is 238 g/mol. The van der Waals surface area contributed by atoms with Gasteiger partial charge in [0.1, 0.15) is 5.75 Å². The van der Waals surface area contributed by atoms with Crippen LogP contribution in [0.2, 0.25) is 0 Å². The molecule has 19 heavy (non-hydrogen) atoms. The number of anilines is 2. The third-order valence-corrected chi connectivity index (χ3v) is 2.97. The highest BCUT2D eigenvalue weighted by atomic mass is 16.5. The molecule has 0 aliphatic rings. The molecule has 4 heteroatoms. The summed E-state index contributed by atoms with van der Waals surface area (Å²) in [4.78, 5) is 4.08. The largest absolute Gasteiger partial charge is 0.492 e. The zero-order valence-electron chi connectivity index (χ0n) is 11.3. The van der Waals surface area contributed by atoms with E-state index >= 15 is 0 Å². The van der Waals surface area contributed by atoms with Crippen molar-refractivity contribution in [1.82, 2.24) is 4.98 Å². The Morgan fingerprint density at radius 2 is 2.16 bits per heavy atom. The molecule has 0 bridgehead atoms. The molecule has 0 unspecified atom stereocenters. The predicted octanol–water partition coefficient (Wildman–Crippen LogP) is 2.98. The van der Waals surface area contributed by atoms with E-state index in [1.165, 1.54) is 5.56 Å². The van der Waals surface area contributed by atoms with E-state index in [0.717, 1.165) is 17.0 Å². The molecule has 3 N–H and O–H groups in total. The summed E-state index contributed by atoms with van der Waals surface area (Å²) in [6, 6.07) is 7.77. The summed E-state index contributed by atoms with van der Waals surface area (Å²) in [6.45, 7) is 5.31. The topological polar surface area (TPSA) is 60.2 Å². The van der Waals surface area contributed by atoms with E-state index in [0.29, 0.717) is 18.8 Å². The van der Waals surface area contributed by atoms with Crippen LogP contribution in [0.3, 0.4) is 0 Å². The predicted molar refractivity (Wildman–Crippen MR) is 78.3 cm³/mol. The fourth-order valence-corrected chi connectivity index (χ4v) is 1.87. The molecule has 0 saturated carbocycles. The average molecular weight is 257 g/mol. The number of hydrogen-bond donors (Lipinski definition) is 2. The van der Waals surface area contributed by atoms with Gasteiger partial charge in [0.05, 0.1) is 18.0 Å². The van der Waals surface area contributed by atoms with E-state index in [1.807, 2.05) is 44.3 Å². The third kappa shape index (κ3) is 3.16. The van der Waals surface area contributed by atoms with Crippen molar-refractivity contribution < 1.29 is 4.74 Å². The number of nitrogen functional groups attached to an aromatic ring is 1. The normalized spacial score (nSPS) is 10.2. The Kier molecular flexibility index (Phi) is 4.23. The van der Waals surface area contributed by atoms with Crippen LogP contribution in [0, 0.1) is 6.92 Å². The fourth-order valence-electron chi connectivity index (χ4n) is 1.87. The van der Waals surface area contributed by atoms with Gasteiger partial charge in [0.2, 0.25) is 0 Å². The SMILES string of the molecule is CCOc1cccc(NCc2ccncc2C)c1N. The number of para-hydroxylation sites is 1. The lowest BCUT2D eigenvalue weighted by molar-refractivity contribution is 0.342. The van der Waals surface area contributed by atoms with Gasteiger partial charge >= 0.3 is 0 Å². The Morgan fingerprint density at radius 1 is 1.32 bits per heavy atom. The van der Waals surface area contributed by atoms with Crippen molar-refractivity contribution in [3.8, 4) is 5.75 Å². The lowest BCUT2D eigenvalue weighted by atomic mass is 10.1. The van der Waals surface area contributed by atoms with Gasteiger partial charge in [-0.1, -0.05) is 6.07 Å². The summed E-state index contributed by atoms with van der Waals surface area (Å²) < 4.78 is 5.48. The first-order valence-corrected chi connectivity index (χ1v) is 6.37. The minimum atomic E-state index is 0.608. The third-order valence-electron chi connectivity index (χ3n) is 2.97. The molecule has 0 radical (unpaired) electrons.